The van der Waals surface area contributed by atoms with Crippen LogP contribution in [-0.2, 0) is 16.0 Å². The maximum absolute atomic E-state index is 12.1. The van der Waals surface area contributed by atoms with Crippen LogP contribution in [0.25, 0.3) is 0 Å². The fraction of sp³-hybridized carbons (Fsp3) is 0.467. The lowest BCUT2D eigenvalue weighted by Gasteiger charge is -2.13. The van der Waals surface area contributed by atoms with Crippen molar-refractivity contribution in [2.24, 2.45) is 11.8 Å². The summed E-state index contributed by atoms with van der Waals surface area (Å²) in [7, 11) is 0. The minimum atomic E-state index is -0.788. The molecule has 0 saturated heterocycles. The van der Waals surface area contributed by atoms with E-state index in [0.717, 1.165) is 17.7 Å². The van der Waals surface area contributed by atoms with Gasteiger partial charge in [0.05, 0.1) is 5.92 Å². The van der Waals surface area contributed by atoms with Crippen molar-refractivity contribution < 1.29 is 14.7 Å². The van der Waals surface area contributed by atoms with E-state index in [9.17, 15) is 9.59 Å². The van der Waals surface area contributed by atoms with E-state index in [1.807, 2.05) is 31.2 Å². The van der Waals surface area contributed by atoms with Crippen LogP contribution in [0.4, 0.5) is 5.69 Å². The molecule has 1 aromatic carbocycles. The molecule has 0 aromatic heterocycles. The predicted molar refractivity (Wildman–Crippen MR) is 72.9 cm³/mol. The molecular formula is C15H19NO3. The molecule has 0 bridgehead atoms. The van der Waals surface area contributed by atoms with Gasteiger partial charge in [0.2, 0.25) is 5.91 Å². The Labute approximate surface area is 112 Å². The number of hydrogen-bond donors (Lipinski definition) is 2. The molecule has 102 valence electrons. The molecule has 2 N–H and O–H groups in total. The van der Waals surface area contributed by atoms with Gasteiger partial charge in [-0.2, -0.15) is 0 Å². The van der Waals surface area contributed by atoms with Crippen LogP contribution in [0.1, 0.15) is 31.7 Å². The van der Waals surface area contributed by atoms with Crippen LogP contribution in [0.2, 0.25) is 0 Å². The first-order valence-corrected chi connectivity index (χ1v) is 6.73. The van der Waals surface area contributed by atoms with E-state index >= 15 is 0 Å². The summed E-state index contributed by atoms with van der Waals surface area (Å²) < 4.78 is 0. The maximum Gasteiger partial charge on any atom is 0.306 e. The molecule has 19 heavy (non-hydrogen) atoms. The number of amides is 1. The highest BCUT2D eigenvalue weighted by Gasteiger charge is 2.33. The minimum absolute atomic E-state index is 0.0512. The summed E-state index contributed by atoms with van der Waals surface area (Å²) in [5.41, 5.74) is 1.94. The Morgan fingerprint density at radius 2 is 1.95 bits per heavy atom. The molecule has 2 rings (SSSR count). The third-order valence-corrected chi connectivity index (χ3v) is 3.81. The Hall–Kier alpha value is -1.84. The molecule has 2 unspecified atom stereocenters. The SMILES string of the molecule is CCc1ccccc1NC(=O)C1CCC(C(=O)O)C1. The highest BCUT2D eigenvalue weighted by Crippen LogP contribution is 2.32. The van der Waals surface area contributed by atoms with Crippen LogP contribution >= 0.6 is 0 Å². The number of aryl methyl sites for hydroxylation is 1. The summed E-state index contributed by atoms with van der Waals surface area (Å²) in [5.74, 6) is -1.38. The van der Waals surface area contributed by atoms with Crippen LogP contribution in [-0.4, -0.2) is 17.0 Å². The fourth-order valence-corrected chi connectivity index (χ4v) is 2.63. The van der Waals surface area contributed by atoms with Gasteiger partial charge in [-0.3, -0.25) is 9.59 Å². The normalized spacial score (nSPS) is 22.2. The highest BCUT2D eigenvalue weighted by molar-refractivity contribution is 5.93. The van der Waals surface area contributed by atoms with Crippen molar-refractivity contribution in [3.8, 4) is 0 Å². The second-order valence-corrected chi connectivity index (χ2v) is 5.05. The van der Waals surface area contributed by atoms with Crippen LogP contribution in [0, 0.1) is 11.8 Å². The molecular weight excluding hydrogens is 242 g/mol. The third kappa shape index (κ3) is 3.13. The zero-order chi connectivity index (χ0) is 13.8. The van der Waals surface area contributed by atoms with E-state index in [4.69, 9.17) is 5.11 Å². The van der Waals surface area contributed by atoms with Gasteiger partial charge < -0.3 is 10.4 Å². The maximum atomic E-state index is 12.1. The van der Waals surface area contributed by atoms with Gasteiger partial charge in [0, 0.05) is 11.6 Å². The Balaban J connectivity index is 2.00. The molecule has 1 saturated carbocycles. The van der Waals surface area contributed by atoms with E-state index in [1.54, 1.807) is 0 Å². The van der Waals surface area contributed by atoms with Gasteiger partial charge in [-0.15, -0.1) is 0 Å². The first-order chi connectivity index (χ1) is 9.11. The zero-order valence-corrected chi connectivity index (χ0v) is 11.1. The molecule has 1 amide bonds. The monoisotopic (exact) mass is 261 g/mol. The van der Waals surface area contributed by atoms with Gasteiger partial charge in [-0.1, -0.05) is 25.1 Å². The molecule has 0 spiro atoms. The number of anilines is 1. The van der Waals surface area contributed by atoms with E-state index < -0.39 is 5.97 Å². The molecule has 2 atom stereocenters. The summed E-state index contributed by atoms with van der Waals surface area (Å²) in [6, 6.07) is 7.72. The molecule has 0 radical (unpaired) electrons. The van der Waals surface area contributed by atoms with Crippen molar-refractivity contribution in [1.82, 2.24) is 0 Å². The van der Waals surface area contributed by atoms with Crippen LogP contribution in [0.3, 0.4) is 0 Å². The quantitative estimate of drug-likeness (QED) is 0.875. The van der Waals surface area contributed by atoms with Gasteiger partial charge in [0.15, 0.2) is 0 Å². The second-order valence-electron chi connectivity index (χ2n) is 5.05. The van der Waals surface area contributed by atoms with Gasteiger partial charge >= 0.3 is 5.97 Å². The summed E-state index contributed by atoms with van der Waals surface area (Å²) in [4.78, 5) is 23.0. The Bertz CT molecular complexity index is 484. The number of nitrogens with one attached hydrogen (secondary N) is 1. The van der Waals surface area contributed by atoms with Crippen molar-refractivity contribution >= 4 is 17.6 Å². The average molecular weight is 261 g/mol. The van der Waals surface area contributed by atoms with Crippen LogP contribution < -0.4 is 5.32 Å². The van der Waals surface area contributed by atoms with Crippen molar-refractivity contribution in [3.05, 3.63) is 29.8 Å². The molecule has 0 aliphatic heterocycles. The number of para-hydroxylation sites is 1. The molecule has 1 aliphatic rings. The second kappa shape index (κ2) is 5.87. The lowest BCUT2D eigenvalue weighted by Crippen LogP contribution is -2.22. The summed E-state index contributed by atoms with van der Waals surface area (Å²) in [5, 5.41) is 11.9. The fourth-order valence-electron chi connectivity index (χ4n) is 2.63. The number of aliphatic carboxylic acids is 1. The molecule has 0 heterocycles. The van der Waals surface area contributed by atoms with E-state index in [-0.39, 0.29) is 17.7 Å². The predicted octanol–water partition coefficient (Wildman–Crippen LogP) is 2.69. The molecule has 4 nitrogen and oxygen atoms in total. The number of carbonyl (C=O) groups is 2. The van der Waals surface area contributed by atoms with Gasteiger partial charge in [0.1, 0.15) is 0 Å². The van der Waals surface area contributed by atoms with Crippen LogP contribution in [0.5, 0.6) is 0 Å². The van der Waals surface area contributed by atoms with Crippen molar-refractivity contribution in [1.29, 1.82) is 0 Å². The Morgan fingerprint density at radius 3 is 2.58 bits per heavy atom. The van der Waals surface area contributed by atoms with Crippen molar-refractivity contribution in [2.45, 2.75) is 32.6 Å². The minimum Gasteiger partial charge on any atom is -0.481 e. The van der Waals surface area contributed by atoms with Gasteiger partial charge in [-0.25, -0.2) is 0 Å². The molecule has 1 fully saturated rings. The number of hydrogen-bond acceptors (Lipinski definition) is 2. The van der Waals surface area contributed by atoms with Gasteiger partial charge in [0.25, 0.3) is 0 Å². The number of rotatable bonds is 4. The number of carboxylic acids is 1. The number of carbonyl (C=O) groups excluding carboxylic acids is 1. The largest absolute Gasteiger partial charge is 0.481 e. The summed E-state index contributed by atoms with van der Waals surface area (Å²) in [6.07, 6.45) is 2.58. The smallest absolute Gasteiger partial charge is 0.306 e. The van der Waals surface area contributed by atoms with Gasteiger partial charge in [-0.05, 0) is 37.3 Å². The Kier molecular flexibility index (Phi) is 4.20. The Morgan fingerprint density at radius 1 is 1.26 bits per heavy atom. The molecule has 1 aliphatic carbocycles. The highest BCUT2D eigenvalue weighted by atomic mass is 16.4. The lowest BCUT2D eigenvalue weighted by molar-refractivity contribution is -0.141. The topological polar surface area (TPSA) is 66.4 Å². The van der Waals surface area contributed by atoms with Crippen molar-refractivity contribution in [3.63, 3.8) is 0 Å². The van der Waals surface area contributed by atoms with E-state index in [2.05, 4.69) is 5.32 Å². The van der Waals surface area contributed by atoms with E-state index in [0.29, 0.717) is 19.3 Å². The third-order valence-electron chi connectivity index (χ3n) is 3.81. The zero-order valence-electron chi connectivity index (χ0n) is 11.1. The lowest BCUT2D eigenvalue weighted by atomic mass is 10.0. The number of benzene rings is 1. The summed E-state index contributed by atoms with van der Waals surface area (Å²) in [6.45, 7) is 2.04. The van der Waals surface area contributed by atoms with Crippen molar-refractivity contribution in [2.75, 3.05) is 5.32 Å². The molecule has 4 heteroatoms. The number of carboxylic acid groups (broad SMARTS) is 1. The van der Waals surface area contributed by atoms with E-state index in [1.165, 1.54) is 0 Å². The average Bonchev–Trinajstić information content (AvgIpc) is 2.89. The summed E-state index contributed by atoms with van der Waals surface area (Å²) >= 11 is 0. The van der Waals surface area contributed by atoms with Crippen LogP contribution in [0.15, 0.2) is 24.3 Å². The molecule has 1 aromatic rings. The first kappa shape index (κ1) is 13.6. The first-order valence-electron chi connectivity index (χ1n) is 6.73. The standard InChI is InChI=1S/C15H19NO3/c1-2-10-5-3-4-6-13(10)16-14(17)11-7-8-12(9-11)15(18)19/h3-6,11-12H,2,7-9H2,1H3,(H,16,17)(H,18,19).